The molecule has 1 heterocycles. The van der Waals surface area contributed by atoms with E-state index in [2.05, 4.69) is 0 Å². The molecule has 4 nitrogen and oxygen atoms in total. The first kappa shape index (κ1) is 14.8. The molecule has 2 N–H and O–H groups in total. The zero-order valence-corrected chi connectivity index (χ0v) is 10.0. The van der Waals surface area contributed by atoms with Gasteiger partial charge in [0.05, 0.1) is 12.1 Å². The van der Waals surface area contributed by atoms with Gasteiger partial charge in [-0.3, -0.25) is 0 Å². The molecule has 0 aliphatic carbocycles. The van der Waals surface area contributed by atoms with Gasteiger partial charge < -0.3 is 14.8 Å². The Morgan fingerprint density at radius 2 is 1.57 bits per heavy atom. The van der Waals surface area contributed by atoms with E-state index >= 15 is 0 Å². The van der Waals surface area contributed by atoms with Crippen molar-refractivity contribution < 1.29 is 36.3 Å². The van der Waals surface area contributed by atoms with E-state index < -0.39 is 47.3 Å². The van der Waals surface area contributed by atoms with E-state index in [9.17, 15) is 26.7 Å². The number of nitrogens with one attached hydrogen (secondary N) is 1. The molecule has 1 aromatic heterocycles. The van der Waals surface area contributed by atoms with Gasteiger partial charge >= 0.3 is 5.97 Å². The van der Waals surface area contributed by atoms with E-state index in [0.29, 0.717) is 0 Å². The van der Waals surface area contributed by atoms with Gasteiger partial charge in [0, 0.05) is 0 Å². The lowest BCUT2D eigenvalue weighted by atomic mass is 10.2. The Kier molecular flexibility index (Phi) is 3.83. The van der Waals surface area contributed by atoms with Crippen molar-refractivity contribution in [3.8, 4) is 0 Å². The number of aromatic carboxylic acids is 1. The van der Waals surface area contributed by atoms with Gasteiger partial charge in [0.2, 0.25) is 5.82 Å². The highest BCUT2D eigenvalue weighted by atomic mass is 19.2. The van der Waals surface area contributed by atoms with E-state index in [0.717, 1.165) is 12.3 Å². The van der Waals surface area contributed by atoms with Crippen molar-refractivity contribution >= 4 is 11.7 Å². The minimum atomic E-state index is -2.26. The van der Waals surface area contributed by atoms with Crippen LogP contribution in [0.15, 0.2) is 16.7 Å². The fourth-order valence-electron chi connectivity index (χ4n) is 1.52. The van der Waals surface area contributed by atoms with Crippen molar-refractivity contribution in [1.82, 2.24) is 0 Å². The molecule has 1 aromatic carbocycles. The number of carbonyl (C=O) groups is 1. The van der Waals surface area contributed by atoms with Crippen LogP contribution in [0.4, 0.5) is 27.6 Å². The summed E-state index contributed by atoms with van der Waals surface area (Å²) in [5.41, 5.74) is -1.44. The number of hydrogen-bond acceptors (Lipinski definition) is 3. The maximum absolute atomic E-state index is 13.3. The molecule has 0 saturated heterocycles. The van der Waals surface area contributed by atoms with E-state index in [1.165, 1.54) is 0 Å². The predicted octanol–water partition coefficient (Wildman–Crippen LogP) is 3.29. The molecule has 0 aliphatic rings. The second-order valence-electron chi connectivity index (χ2n) is 3.91. The number of benzene rings is 1. The monoisotopic (exact) mass is 307 g/mol. The van der Waals surface area contributed by atoms with E-state index in [-0.39, 0.29) is 11.3 Å². The smallest absolute Gasteiger partial charge is 0.338 e. The van der Waals surface area contributed by atoms with Gasteiger partial charge in [0.25, 0.3) is 0 Å². The number of anilines is 1. The number of carboxylic acids is 1. The van der Waals surface area contributed by atoms with Gasteiger partial charge in [0.1, 0.15) is 17.7 Å². The van der Waals surface area contributed by atoms with Crippen molar-refractivity contribution in [3.05, 3.63) is 52.7 Å². The molecule has 0 atom stereocenters. The second-order valence-corrected chi connectivity index (χ2v) is 3.91. The van der Waals surface area contributed by atoms with Crippen LogP contribution in [-0.2, 0) is 6.54 Å². The average molecular weight is 307 g/mol. The zero-order chi connectivity index (χ0) is 15.7. The summed E-state index contributed by atoms with van der Waals surface area (Å²) in [5, 5.41) is 10.6. The minimum absolute atomic E-state index is 0.0589. The van der Waals surface area contributed by atoms with Crippen molar-refractivity contribution in [1.29, 1.82) is 0 Å². The summed E-state index contributed by atoms with van der Waals surface area (Å²) in [4.78, 5) is 10.6. The number of rotatable bonds is 4. The van der Waals surface area contributed by atoms with Crippen LogP contribution < -0.4 is 5.32 Å². The van der Waals surface area contributed by atoms with Gasteiger partial charge in [-0.05, 0) is 6.07 Å². The Labute approximate surface area is 113 Å². The largest absolute Gasteiger partial charge is 0.478 e. The molecule has 0 saturated carbocycles. The SMILES string of the molecule is O=C(O)c1coc(CNc2c(F)c(F)c(F)c(F)c2F)c1. The molecule has 0 radical (unpaired) electrons. The molecule has 112 valence electrons. The number of halogens is 5. The molecule has 0 fully saturated rings. The van der Waals surface area contributed by atoms with Crippen molar-refractivity contribution in [2.45, 2.75) is 6.54 Å². The highest BCUT2D eigenvalue weighted by Crippen LogP contribution is 2.27. The molecule has 0 spiro atoms. The summed E-state index contributed by atoms with van der Waals surface area (Å²) in [6.07, 6.45) is 0.873. The number of hydrogen-bond donors (Lipinski definition) is 2. The summed E-state index contributed by atoms with van der Waals surface area (Å²) in [7, 11) is 0. The molecular formula is C12H6F5NO3. The summed E-state index contributed by atoms with van der Waals surface area (Å²) >= 11 is 0. The Hall–Kier alpha value is -2.58. The lowest BCUT2D eigenvalue weighted by Gasteiger charge is -2.09. The Balaban J connectivity index is 2.26. The fraction of sp³-hybridized carbons (Fsp3) is 0.0833. The first-order valence-electron chi connectivity index (χ1n) is 5.39. The summed E-state index contributed by atoms with van der Waals surface area (Å²) in [5.74, 6) is -11.8. The van der Waals surface area contributed by atoms with Crippen LogP contribution in [0.5, 0.6) is 0 Å². The molecule has 2 rings (SSSR count). The molecular weight excluding hydrogens is 301 g/mol. The second kappa shape index (κ2) is 5.43. The molecule has 0 amide bonds. The van der Waals surface area contributed by atoms with Crippen molar-refractivity contribution in [2.75, 3.05) is 5.32 Å². The predicted molar refractivity (Wildman–Crippen MR) is 59.2 cm³/mol. The summed E-state index contributed by atoms with van der Waals surface area (Å²) in [6.45, 7) is -0.467. The van der Waals surface area contributed by atoms with Crippen molar-refractivity contribution in [2.24, 2.45) is 0 Å². The van der Waals surface area contributed by atoms with Crippen LogP contribution in [0, 0.1) is 29.1 Å². The van der Waals surface area contributed by atoms with Crippen LogP contribution in [0.25, 0.3) is 0 Å². The van der Waals surface area contributed by atoms with E-state index in [1.807, 2.05) is 5.32 Å². The molecule has 9 heteroatoms. The highest BCUT2D eigenvalue weighted by molar-refractivity contribution is 5.87. The van der Waals surface area contributed by atoms with Crippen LogP contribution in [0.2, 0.25) is 0 Å². The van der Waals surface area contributed by atoms with Crippen molar-refractivity contribution in [3.63, 3.8) is 0 Å². The molecule has 0 aliphatic heterocycles. The fourth-order valence-corrected chi connectivity index (χ4v) is 1.52. The summed E-state index contributed by atoms with van der Waals surface area (Å²) in [6, 6.07) is 1.04. The maximum atomic E-state index is 13.3. The molecule has 0 bridgehead atoms. The third kappa shape index (κ3) is 2.67. The number of furan rings is 1. The molecule has 2 aromatic rings. The Morgan fingerprint density at radius 1 is 1.05 bits per heavy atom. The minimum Gasteiger partial charge on any atom is -0.478 e. The average Bonchev–Trinajstić information content (AvgIpc) is 2.92. The zero-order valence-electron chi connectivity index (χ0n) is 10.0. The lowest BCUT2D eigenvalue weighted by Crippen LogP contribution is -2.09. The van der Waals surface area contributed by atoms with Crippen LogP contribution in [0.3, 0.4) is 0 Å². The molecule has 21 heavy (non-hydrogen) atoms. The van der Waals surface area contributed by atoms with E-state index in [1.54, 1.807) is 0 Å². The van der Waals surface area contributed by atoms with Gasteiger partial charge in [-0.2, -0.15) is 0 Å². The van der Waals surface area contributed by atoms with Gasteiger partial charge in [-0.1, -0.05) is 0 Å². The van der Waals surface area contributed by atoms with Crippen LogP contribution in [0.1, 0.15) is 16.1 Å². The van der Waals surface area contributed by atoms with Crippen LogP contribution in [-0.4, -0.2) is 11.1 Å². The highest BCUT2D eigenvalue weighted by Gasteiger charge is 2.25. The standard InChI is InChI=1S/C12H6F5NO3/c13-6-7(14)9(16)11(10(17)8(6)15)18-2-5-1-4(3-21-5)12(19)20/h1,3,18H,2H2,(H,19,20). The Bertz CT molecular complexity index is 684. The quantitative estimate of drug-likeness (QED) is 0.517. The summed E-state index contributed by atoms with van der Waals surface area (Å²) < 4.78 is 70.1. The third-order valence-corrected chi connectivity index (χ3v) is 2.55. The van der Waals surface area contributed by atoms with E-state index in [4.69, 9.17) is 9.52 Å². The van der Waals surface area contributed by atoms with Crippen LogP contribution >= 0.6 is 0 Å². The maximum Gasteiger partial charge on any atom is 0.338 e. The third-order valence-electron chi connectivity index (χ3n) is 2.55. The van der Waals surface area contributed by atoms with Gasteiger partial charge in [-0.15, -0.1) is 0 Å². The first-order valence-corrected chi connectivity index (χ1v) is 5.39. The Morgan fingerprint density at radius 3 is 2.05 bits per heavy atom. The number of carboxylic acid groups (broad SMARTS) is 1. The normalized spacial score (nSPS) is 10.7. The molecule has 0 unspecified atom stereocenters. The van der Waals surface area contributed by atoms with Gasteiger partial charge in [0.15, 0.2) is 23.3 Å². The topological polar surface area (TPSA) is 62.5 Å². The first-order chi connectivity index (χ1) is 9.82. The van der Waals surface area contributed by atoms with Gasteiger partial charge in [-0.25, -0.2) is 26.7 Å². The lowest BCUT2D eigenvalue weighted by molar-refractivity contribution is 0.0696.